The fraction of sp³-hybridized carbons (Fsp3) is 0.944. The number of aliphatic hydroxyl groups is 1. The van der Waals surface area contributed by atoms with Crippen LogP contribution in [0.15, 0.2) is 0 Å². The molecule has 0 aliphatic heterocycles. The van der Waals surface area contributed by atoms with Crippen molar-refractivity contribution in [1.29, 1.82) is 0 Å². The van der Waals surface area contributed by atoms with Crippen molar-refractivity contribution >= 4 is 39.5 Å². The molecule has 3 N–H and O–H groups in total. The van der Waals surface area contributed by atoms with Gasteiger partial charge < -0.3 is 33.8 Å². The Bertz CT molecular complexity index is 1790. The minimum Gasteiger partial charge on any atom is -0.462 e. The van der Waals surface area contributed by atoms with Crippen LogP contribution in [0.1, 0.15) is 351 Å². The molecule has 534 valence electrons. The van der Waals surface area contributed by atoms with E-state index in [2.05, 4.69) is 55.4 Å². The van der Waals surface area contributed by atoms with Gasteiger partial charge in [0, 0.05) is 25.7 Å². The van der Waals surface area contributed by atoms with E-state index in [0.717, 1.165) is 114 Å². The number of unbranched alkanes of at least 4 members (excludes halogenated alkanes) is 32. The highest BCUT2D eigenvalue weighted by molar-refractivity contribution is 7.47. The molecule has 0 radical (unpaired) electrons. The van der Waals surface area contributed by atoms with Crippen LogP contribution in [0.25, 0.3) is 0 Å². The Kier molecular flexibility index (Phi) is 59.4. The van der Waals surface area contributed by atoms with Crippen LogP contribution in [0.2, 0.25) is 0 Å². The third-order valence-electron chi connectivity index (χ3n) is 17.0. The summed E-state index contributed by atoms with van der Waals surface area (Å²) >= 11 is 0. The zero-order chi connectivity index (χ0) is 66.8. The molecule has 0 amide bonds. The van der Waals surface area contributed by atoms with E-state index >= 15 is 0 Å². The second-order valence-electron chi connectivity index (χ2n) is 27.1. The summed E-state index contributed by atoms with van der Waals surface area (Å²) in [6, 6.07) is 0. The summed E-state index contributed by atoms with van der Waals surface area (Å²) in [5, 5.41) is 10.6. The van der Waals surface area contributed by atoms with Crippen molar-refractivity contribution in [2.75, 3.05) is 39.6 Å². The summed E-state index contributed by atoms with van der Waals surface area (Å²) in [5.41, 5.74) is 0. The standard InChI is InChI=1S/C71H138O17P2/c1-9-63(7)49-41-33-25-19-15-13-11-12-14-16-20-27-37-45-53-70(75)87-67(58-82-69(74)52-44-36-30-29-34-42-50-64(8)10-2)60-86-90(79,80)84-56-65(72)55-83-89(77,78)85-59-66(88-71(76)54-46-38-28-22-24-32-40-48-62(5)6)57-81-68(73)51-43-35-26-21-17-18-23-31-39-47-61(3)4/h61-67,72H,9-60H2,1-8H3,(H,77,78)(H,79,80)/t63?,64?,65-,66-,67-/m1/s1. The molecular formula is C71H138O17P2. The number of hydrogen-bond acceptors (Lipinski definition) is 15. The first-order valence-electron chi connectivity index (χ1n) is 36.8. The lowest BCUT2D eigenvalue weighted by Gasteiger charge is -2.21. The first kappa shape index (κ1) is 88.1. The van der Waals surface area contributed by atoms with Crippen LogP contribution in [0.3, 0.4) is 0 Å². The molecule has 0 aliphatic carbocycles. The van der Waals surface area contributed by atoms with E-state index in [-0.39, 0.29) is 25.7 Å². The number of aliphatic hydroxyl groups excluding tert-OH is 1. The topological polar surface area (TPSA) is 237 Å². The summed E-state index contributed by atoms with van der Waals surface area (Å²) in [6.07, 6.45) is 43.2. The van der Waals surface area contributed by atoms with Crippen LogP contribution in [0.5, 0.6) is 0 Å². The van der Waals surface area contributed by atoms with E-state index < -0.39 is 97.5 Å². The zero-order valence-electron chi connectivity index (χ0n) is 58.8. The zero-order valence-corrected chi connectivity index (χ0v) is 60.6. The van der Waals surface area contributed by atoms with Gasteiger partial charge in [-0.2, -0.15) is 0 Å². The minimum atomic E-state index is -4.95. The summed E-state index contributed by atoms with van der Waals surface area (Å²) in [4.78, 5) is 72.5. The van der Waals surface area contributed by atoms with E-state index in [0.29, 0.717) is 31.6 Å². The van der Waals surface area contributed by atoms with E-state index in [1.54, 1.807) is 0 Å². The van der Waals surface area contributed by atoms with Gasteiger partial charge >= 0.3 is 39.5 Å². The molecule has 0 bridgehead atoms. The summed E-state index contributed by atoms with van der Waals surface area (Å²) in [7, 11) is -9.90. The molecule has 7 atom stereocenters. The summed E-state index contributed by atoms with van der Waals surface area (Å²) < 4.78 is 68.3. The summed E-state index contributed by atoms with van der Waals surface area (Å²) in [5.74, 6) is 0.885. The normalized spacial score (nSPS) is 14.9. The quantitative estimate of drug-likeness (QED) is 0.0222. The number of phosphoric acid groups is 2. The lowest BCUT2D eigenvalue weighted by molar-refractivity contribution is -0.161. The van der Waals surface area contributed by atoms with Crippen LogP contribution >= 0.6 is 15.6 Å². The molecule has 19 heteroatoms. The molecule has 90 heavy (non-hydrogen) atoms. The van der Waals surface area contributed by atoms with Gasteiger partial charge in [-0.15, -0.1) is 0 Å². The van der Waals surface area contributed by atoms with Crippen LogP contribution in [-0.4, -0.2) is 96.7 Å². The largest absolute Gasteiger partial charge is 0.472 e. The molecule has 4 unspecified atom stereocenters. The second kappa shape index (κ2) is 60.7. The number of phosphoric ester groups is 2. The van der Waals surface area contributed by atoms with Gasteiger partial charge in [0.25, 0.3) is 0 Å². The van der Waals surface area contributed by atoms with Crippen molar-refractivity contribution in [2.45, 2.75) is 369 Å². The van der Waals surface area contributed by atoms with Crippen molar-refractivity contribution < 1.29 is 80.2 Å². The lowest BCUT2D eigenvalue weighted by Crippen LogP contribution is -2.30. The van der Waals surface area contributed by atoms with Gasteiger partial charge in [-0.3, -0.25) is 37.3 Å². The van der Waals surface area contributed by atoms with Crippen molar-refractivity contribution in [2.24, 2.45) is 23.7 Å². The molecule has 0 aliphatic rings. The lowest BCUT2D eigenvalue weighted by atomic mass is 9.99. The van der Waals surface area contributed by atoms with Gasteiger partial charge in [-0.05, 0) is 49.4 Å². The van der Waals surface area contributed by atoms with E-state index in [1.807, 2.05) is 0 Å². The van der Waals surface area contributed by atoms with Gasteiger partial charge in [-0.1, -0.05) is 299 Å². The fourth-order valence-corrected chi connectivity index (χ4v) is 12.2. The monoisotopic (exact) mass is 1320 g/mol. The molecule has 0 fully saturated rings. The molecule has 0 saturated carbocycles. The Balaban J connectivity index is 5.22. The van der Waals surface area contributed by atoms with Gasteiger partial charge in [0.15, 0.2) is 12.2 Å². The molecular weight excluding hydrogens is 1190 g/mol. The van der Waals surface area contributed by atoms with Crippen LogP contribution < -0.4 is 0 Å². The summed E-state index contributed by atoms with van der Waals surface area (Å²) in [6.45, 7) is 14.1. The Morgan fingerprint density at radius 1 is 0.311 bits per heavy atom. The molecule has 0 heterocycles. The Morgan fingerprint density at radius 2 is 0.533 bits per heavy atom. The molecule has 0 aromatic carbocycles. The average molecular weight is 1330 g/mol. The maximum Gasteiger partial charge on any atom is 0.472 e. The highest BCUT2D eigenvalue weighted by atomic mass is 31.2. The molecule has 0 rings (SSSR count). The Hall–Kier alpha value is -1.94. The molecule has 0 aromatic rings. The predicted molar refractivity (Wildman–Crippen MR) is 363 cm³/mol. The van der Waals surface area contributed by atoms with Crippen molar-refractivity contribution in [3.8, 4) is 0 Å². The highest BCUT2D eigenvalue weighted by Crippen LogP contribution is 2.45. The van der Waals surface area contributed by atoms with Crippen LogP contribution in [-0.2, 0) is 65.4 Å². The number of rotatable bonds is 68. The van der Waals surface area contributed by atoms with Crippen molar-refractivity contribution in [3.05, 3.63) is 0 Å². The molecule has 0 aromatic heterocycles. The number of carbonyl (C=O) groups excluding carboxylic acids is 4. The highest BCUT2D eigenvalue weighted by Gasteiger charge is 2.30. The Morgan fingerprint density at radius 3 is 0.789 bits per heavy atom. The van der Waals surface area contributed by atoms with Gasteiger partial charge in [0.1, 0.15) is 19.3 Å². The maximum absolute atomic E-state index is 13.0. The Labute approximate surface area is 549 Å². The van der Waals surface area contributed by atoms with Crippen LogP contribution in [0.4, 0.5) is 0 Å². The SMILES string of the molecule is CCC(C)CCCCCCCCCCCCCCCCC(=O)O[C@H](COC(=O)CCCCCCCCC(C)CC)COP(=O)(O)OC[C@H](O)COP(=O)(O)OC[C@@H](COC(=O)CCCCCCCCCCCC(C)C)OC(=O)CCCCCCCCCC(C)C. The predicted octanol–water partition coefficient (Wildman–Crippen LogP) is 20.1. The van der Waals surface area contributed by atoms with Crippen molar-refractivity contribution in [3.63, 3.8) is 0 Å². The minimum absolute atomic E-state index is 0.103. The van der Waals surface area contributed by atoms with E-state index in [9.17, 15) is 43.2 Å². The fourth-order valence-electron chi connectivity index (χ4n) is 10.6. The van der Waals surface area contributed by atoms with Gasteiger partial charge in [-0.25, -0.2) is 9.13 Å². The van der Waals surface area contributed by atoms with E-state index in [4.69, 9.17) is 37.0 Å². The second-order valence-corrected chi connectivity index (χ2v) is 30.0. The number of ether oxygens (including phenoxy) is 4. The van der Waals surface area contributed by atoms with E-state index in [1.165, 1.54) is 148 Å². The third kappa shape index (κ3) is 62.2. The first-order valence-corrected chi connectivity index (χ1v) is 39.8. The first-order chi connectivity index (χ1) is 43.2. The maximum atomic E-state index is 13.0. The number of esters is 4. The smallest absolute Gasteiger partial charge is 0.462 e. The van der Waals surface area contributed by atoms with Crippen LogP contribution in [0, 0.1) is 23.7 Å². The average Bonchev–Trinajstić information content (AvgIpc) is 3.71. The third-order valence-corrected chi connectivity index (χ3v) is 18.9. The molecule has 17 nitrogen and oxygen atoms in total. The number of hydrogen-bond donors (Lipinski definition) is 3. The van der Waals surface area contributed by atoms with Gasteiger partial charge in [0.2, 0.25) is 0 Å². The molecule has 0 saturated heterocycles. The van der Waals surface area contributed by atoms with Crippen molar-refractivity contribution in [1.82, 2.24) is 0 Å². The molecule has 0 spiro atoms. The number of carbonyl (C=O) groups is 4. The van der Waals surface area contributed by atoms with Gasteiger partial charge in [0.05, 0.1) is 26.4 Å².